The van der Waals surface area contributed by atoms with E-state index in [0.717, 1.165) is 6.16 Å². The van der Waals surface area contributed by atoms with Crippen LogP contribution in [0, 0.1) is 5.92 Å². The normalized spacial score (nSPS) is 11.0. The second-order valence-corrected chi connectivity index (χ2v) is 4.88. The summed E-state index contributed by atoms with van der Waals surface area (Å²) < 4.78 is 5.06. The molecular weight excluding hydrogens is 239 g/mol. The Morgan fingerprint density at radius 1 is 1.29 bits per heavy atom. The highest BCUT2D eigenvalue weighted by atomic mass is 31.1. The molecule has 0 aliphatic rings. The van der Waals surface area contributed by atoms with Gasteiger partial charge in [-0.05, 0) is 18.1 Å². The van der Waals surface area contributed by atoms with Crippen LogP contribution in [0.25, 0.3) is 0 Å². The Morgan fingerprint density at radius 3 is 2.41 bits per heavy atom. The van der Waals surface area contributed by atoms with E-state index in [9.17, 15) is 9.59 Å². The summed E-state index contributed by atoms with van der Waals surface area (Å²) in [4.78, 5) is 22.6. The van der Waals surface area contributed by atoms with Gasteiger partial charge in [-0.15, -0.1) is 0 Å². The minimum Gasteiger partial charge on any atom is -0.478 e. The Hall–Kier alpha value is -1.41. The van der Waals surface area contributed by atoms with Crippen LogP contribution in [0.15, 0.2) is 24.3 Å². The first kappa shape index (κ1) is 13.7. The number of benzene rings is 1. The topological polar surface area (TPSA) is 63.6 Å². The molecule has 0 spiro atoms. The first-order chi connectivity index (χ1) is 8.02. The number of aromatic carboxylic acids is 1. The maximum absolute atomic E-state index is 11.7. The van der Waals surface area contributed by atoms with E-state index in [0.29, 0.717) is 5.92 Å². The van der Waals surface area contributed by atoms with Gasteiger partial charge in [-0.3, -0.25) is 0 Å². The molecule has 1 atom stereocenters. The summed E-state index contributed by atoms with van der Waals surface area (Å²) in [6, 6.07) is 6.06. The van der Waals surface area contributed by atoms with Crippen LogP contribution in [-0.4, -0.2) is 23.2 Å². The van der Waals surface area contributed by atoms with E-state index in [1.165, 1.54) is 12.1 Å². The van der Waals surface area contributed by atoms with E-state index < -0.39 is 11.9 Å². The lowest BCUT2D eigenvalue weighted by molar-refractivity contribution is 0.0674. The average molecular weight is 254 g/mol. The van der Waals surface area contributed by atoms with E-state index in [1.54, 1.807) is 12.1 Å². The third-order valence-electron chi connectivity index (χ3n) is 2.03. The number of carboxylic acid groups (broad SMARTS) is 1. The Bertz CT molecular complexity index is 415. The van der Waals surface area contributed by atoms with Crippen molar-refractivity contribution in [1.29, 1.82) is 0 Å². The maximum Gasteiger partial charge on any atom is 0.341 e. The maximum atomic E-state index is 11.7. The Balaban J connectivity index is 2.72. The molecule has 0 radical (unpaired) electrons. The van der Waals surface area contributed by atoms with E-state index >= 15 is 0 Å². The fourth-order valence-electron chi connectivity index (χ4n) is 1.18. The van der Waals surface area contributed by atoms with Crippen LogP contribution in [0.1, 0.15) is 34.6 Å². The number of carbonyl (C=O) groups is 2. The molecule has 4 nitrogen and oxygen atoms in total. The smallest absolute Gasteiger partial charge is 0.341 e. The minimum atomic E-state index is -1.12. The van der Waals surface area contributed by atoms with Gasteiger partial charge in [0.2, 0.25) is 0 Å². The number of hydrogen-bond acceptors (Lipinski definition) is 3. The van der Waals surface area contributed by atoms with Crippen LogP contribution in [0.3, 0.4) is 0 Å². The van der Waals surface area contributed by atoms with Crippen molar-refractivity contribution in [3.05, 3.63) is 35.4 Å². The molecule has 17 heavy (non-hydrogen) atoms. The van der Waals surface area contributed by atoms with Crippen molar-refractivity contribution in [2.75, 3.05) is 6.16 Å². The minimum absolute atomic E-state index is 0.0214. The van der Waals surface area contributed by atoms with Crippen LogP contribution >= 0.6 is 8.81 Å². The highest BCUT2D eigenvalue weighted by Crippen LogP contribution is 2.20. The molecule has 0 fully saturated rings. The monoisotopic (exact) mass is 254 g/mol. The van der Waals surface area contributed by atoms with Gasteiger partial charge in [-0.1, -0.05) is 26.0 Å². The highest BCUT2D eigenvalue weighted by Gasteiger charge is 2.16. The second-order valence-electron chi connectivity index (χ2n) is 3.98. The fourth-order valence-corrected chi connectivity index (χ4v) is 1.83. The van der Waals surface area contributed by atoms with Gasteiger partial charge in [-0.25, -0.2) is 9.59 Å². The van der Waals surface area contributed by atoms with E-state index in [-0.39, 0.29) is 19.9 Å². The zero-order chi connectivity index (χ0) is 12.8. The highest BCUT2D eigenvalue weighted by molar-refractivity contribution is 7.33. The summed E-state index contributed by atoms with van der Waals surface area (Å²) in [6.45, 7) is 4.07. The van der Waals surface area contributed by atoms with Crippen molar-refractivity contribution < 1.29 is 19.2 Å². The predicted molar refractivity (Wildman–Crippen MR) is 66.8 cm³/mol. The van der Waals surface area contributed by atoms with Gasteiger partial charge >= 0.3 is 11.9 Å². The first-order valence-electron chi connectivity index (χ1n) is 5.28. The van der Waals surface area contributed by atoms with Crippen molar-refractivity contribution >= 4 is 20.7 Å². The summed E-state index contributed by atoms with van der Waals surface area (Å²) in [5.41, 5.74) is 0.0862. The van der Waals surface area contributed by atoms with Gasteiger partial charge in [0.05, 0.1) is 19.9 Å². The van der Waals surface area contributed by atoms with Crippen LogP contribution in [0.5, 0.6) is 0 Å². The number of hydrogen-bond donors (Lipinski definition) is 1. The van der Waals surface area contributed by atoms with Gasteiger partial charge in [0.25, 0.3) is 0 Å². The number of rotatable bonds is 5. The quantitative estimate of drug-likeness (QED) is 0.820. The molecule has 0 aliphatic heterocycles. The van der Waals surface area contributed by atoms with E-state index in [2.05, 4.69) is 0 Å². The molecule has 92 valence electrons. The van der Waals surface area contributed by atoms with Crippen LogP contribution in [-0.2, 0) is 4.52 Å². The molecule has 0 heterocycles. The van der Waals surface area contributed by atoms with Crippen LogP contribution in [0.2, 0.25) is 0 Å². The summed E-state index contributed by atoms with van der Waals surface area (Å²) in [5.74, 6) is -1.23. The Kier molecular flexibility index (Phi) is 5.11. The summed E-state index contributed by atoms with van der Waals surface area (Å²) in [6.07, 6.45) is 0.793. The molecule has 1 N–H and O–H groups in total. The van der Waals surface area contributed by atoms with Crippen molar-refractivity contribution in [2.45, 2.75) is 13.8 Å². The molecule has 0 amide bonds. The molecule has 0 saturated carbocycles. The van der Waals surface area contributed by atoms with E-state index in [4.69, 9.17) is 9.63 Å². The number of carbonyl (C=O) groups excluding carboxylic acids is 1. The van der Waals surface area contributed by atoms with Crippen molar-refractivity contribution in [1.82, 2.24) is 0 Å². The largest absolute Gasteiger partial charge is 0.478 e. The third kappa shape index (κ3) is 4.16. The van der Waals surface area contributed by atoms with Crippen LogP contribution < -0.4 is 0 Å². The molecule has 0 bridgehead atoms. The fraction of sp³-hybridized carbons (Fsp3) is 0.333. The SMILES string of the molecule is CC(C)CPOC(=O)c1ccccc1C(=O)O. The Morgan fingerprint density at radius 2 is 1.88 bits per heavy atom. The van der Waals surface area contributed by atoms with Crippen LogP contribution in [0.4, 0.5) is 0 Å². The molecule has 5 heteroatoms. The van der Waals surface area contributed by atoms with Crippen molar-refractivity contribution in [3.8, 4) is 0 Å². The molecular formula is C12H15O4P. The molecule has 1 aromatic carbocycles. The second kappa shape index (κ2) is 6.36. The lowest BCUT2D eigenvalue weighted by Crippen LogP contribution is -2.09. The molecule has 0 saturated heterocycles. The number of carboxylic acids is 1. The lowest BCUT2D eigenvalue weighted by atomic mass is 10.1. The molecule has 1 rings (SSSR count). The average Bonchev–Trinajstić information content (AvgIpc) is 2.28. The van der Waals surface area contributed by atoms with E-state index in [1.807, 2.05) is 13.8 Å². The third-order valence-corrected chi connectivity index (χ3v) is 3.35. The molecule has 0 aliphatic carbocycles. The lowest BCUT2D eigenvalue weighted by Gasteiger charge is -2.07. The van der Waals surface area contributed by atoms with Gasteiger partial charge in [0, 0.05) is 6.16 Å². The zero-order valence-corrected chi connectivity index (χ0v) is 10.8. The standard InChI is InChI=1S/C12H15O4P/c1-8(2)7-17-16-12(15)10-6-4-3-5-9(10)11(13)14/h3-6,8,17H,7H2,1-2H3,(H,13,14). The summed E-state index contributed by atoms with van der Waals surface area (Å²) >= 11 is 0. The van der Waals surface area contributed by atoms with Gasteiger partial charge in [0.1, 0.15) is 0 Å². The zero-order valence-electron chi connectivity index (χ0n) is 9.77. The summed E-state index contributed by atoms with van der Waals surface area (Å²) in [5, 5.41) is 8.92. The summed E-state index contributed by atoms with van der Waals surface area (Å²) in [7, 11) is 0.0659. The van der Waals surface area contributed by atoms with Gasteiger partial charge < -0.3 is 9.63 Å². The molecule has 1 unspecified atom stereocenters. The molecule has 0 aromatic heterocycles. The van der Waals surface area contributed by atoms with Crippen molar-refractivity contribution in [3.63, 3.8) is 0 Å². The Labute approximate surface area is 102 Å². The van der Waals surface area contributed by atoms with Crippen molar-refractivity contribution in [2.24, 2.45) is 5.92 Å². The van der Waals surface area contributed by atoms with Gasteiger partial charge in [0.15, 0.2) is 0 Å². The molecule has 1 aromatic rings. The first-order valence-corrected chi connectivity index (χ1v) is 6.40. The van der Waals surface area contributed by atoms with Gasteiger partial charge in [-0.2, -0.15) is 0 Å². The predicted octanol–water partition coefficient (Wildman–Crippen LogP) is 2.79.